The van der Waals surface area contributed by atoms with Gasteiger partial charge in [0.2, 0.25) is 0 Å². The van der Waals surface area contributed by atoms with E-state index in [-0.39, 0.29) is 12.6 Å². The molecule has 1 aromatic rings. The Balaban J connectivity index is 2.04. The zero-order valence-corrected chi connectivity index (χ0v) is 8.06. The smallest absolute Gasteiger partial charge is 0.198 e. The predicted molar refractivity (Wildman–Crippen MR) is 48.1 cm³/mol. The van der Waals surface area contributed by atoms with Crippen LogP contribution in [0.3, 0.4) is 0 Å². The zero-order chi connectivity index (χ0) is 8.55. The summed E-state index contributed by atoms with van der Waals surface area (Å²) < 4.78 is 10.7. The van der Waals surface area contributed by atoms with Gasteiger partial charge in [0.1, 0.15) is 0 Å². The van der Waals surface area contributed by atoms with Gasteiger partial charge in [-0.05, 0) is 25.5 Å². The fourth-order valence-electron chi connectivity index (χ4n) is 1.20. The Morgan fingerprint density at radius 1 is 1.42 bits per heavy atom. The minimum Gasteiger partial charge on any atom is -0.319 e. The molecule has 2 heterocycles. The van der Waals surface area contributed by atoms with Gasteiger partial charge in [-0.3, -0.25) is 0 Å². The predicted octanol–water partition coefficient (Wildman–Crippen LogP) is 2.70. The lowest BCUT2D eigenvalue weighted by atomic mass is 10.3. The Labute approximate surface area is 76.1 Å². The van der Waals surface area contributed by atoms with E-state index in [1.165, 1.54) is 9.75 Å². The summed E-state index contributed by atoms with van der Waals surface area (Å²) in [6.07, 6.45) is 0.972. The van der Waals surface area contributed by atoms with E-state index in [0.717, 1.165) is 6.42 Å². The summed E-state index contributed by atoms with van der Waals surface area (Å²) in [5, 5.41) is 0. The fraction of sp³-hybridized carbons (Fsp3) is 0.556. The summed E-state index contributed by atoms with van der Waals surface area (Å²) >= 11 is 1.77. The molecule has 0 bridgehead atoms. The van der Waals surface area contributed by atoms with Crippen molar-refractivity contribution in [2.45, 2.75) is 32.8 Å². The first-order chi connectivity index (χ1) is 5.79. The normalized spacial score (nSPS) is 28.5. The lowest BCUT2D eigenvalue weighted by molar-refractivity contribution is -0.381. The van der Waals surface area contributed by atoms with Crippen molar-refractivity contribution in [2.24, 2.45) is 0 Å². The molecule has 1 aliphatic rings. The van der Waals surface area contributed by atoms with Crippen molar-refractivity contribution in [1.29, 1.82) is 0 Å². The fourth-order valence-corrected chi connectivity index (χ4v) is 2.13. The maximum atomic E-state index is 5.37. The molecule has 0 aliphatic carbocycles. The third kappa shape index (κ3) is 1.40. The molecule has 66 valence electrons. The quantitative estimate of drug-likeness (QED) is 0.703. The summed E-state index contributed by atoms with van der Waals surface area (Å²) in [4.78, 5) is 2.57. The maximum absolute atomic E-state index is 5.37. The molecule has 0 amide bonds. The van der Waals surface area contributed by atoms with E-state index in [1.54, 1.807) is 11.3 Å². The lowest BCUT2D eigenvalue weighted by Gasteiger charge is -2.32. The van der Waals surface area contributed by atoms with Crippen molar-refractivity contribution in [3.8, 4) is 0 Å². The number of aryl methyl sites for hydroxylation is 1. The van der Waals surface area contributed by atoms with Gasteiger partial charge in [-0.15, -0.1) is 11.3 Å². The number of rotatable bonds is 2. The molecule has 0 spiro atoms. The first-order valence-electron chi connectivity index (χ1n) is 4.19. The number of hydrogen-bond donors (Lipinski definition) is 0. The summed E-state index contributed by atoms with van der Waals surface area (Å²) in [6, 6.07) is 4.22. The highest BCUT2D eigenvalue weighted by Gasteiger charge is 2.29. The Hall–Kier alpha value is -0.380. The minimum atomic E-state index is -0.0923. The molecule has 1 fully saturated rings. The molecule has 1 aliphatic heterocycles. The van der Waals surface area contributed by atoms with Gasteiger partial charge >= 0.3 is 0 Å². The van der Waals surface area contributed by atoms with Gasteiger partial charge in [0.15, 0.2) is 12.6 Å². The summed E-state index contributed by atoms with van der Waals surface area (Å²) in [5.74, 6) is 0. The van der Waals surface area contributed by atoms with Crippen molar-refractivity contribution < 1.29 is 9.47 Å². The van der Waals surface area contributed by atoms with Gasteiger partial charge in [0.05, 0.1) is 4.88 Å². The largest absolute Gasteiger partial charge is 0.319 e. The average molecular weight is 184 g/mol. The van der Waals surface area contributed by atoms with Gasteiger partial charge < -0.3 is 9.47 Å². The molecule has 0 aromatic carbocycles. The van der Waals surface area contributed by atoms with Crippen LogP contribution in [0.15, 0.2) is 12.1 Å². The second-order valence-electron chi connectivity index (χ2n) is 2.83. The monoisotopic (exact) mass is 184 g/mol. The molecule has 12 heavy (non-hydrogen) atoms. The van der Waals surface area contributed by atoms with E-state index in [9.17, 15) is 0 Å². The van der Waals surface area contributed by atoms with Gasteiger partial charge in [-0.2, -0.15) is 0 Å². The molecule has 1 saturated heterocycles. The van der Waals surface area contributed by atoms with Crippen LogP contribution in [-0.2, 0) is 15.9 Å². The van der Waals surface area contributed by atoms with Crippen LogP contribution in [0.2, 0.25) is 0 Å². The zero-order valence-electron chi connectivity index (χ0n) is 7.24. The van der Waals surface area contributed by atoms with E-state index in [0.29, 0.717) is 0 Å². The molecular formula is C9H12O2S. The van der Waals surface area contributed by atoms with Crippen LogP contribution >= 0.6 is 11.3 Å². The molecule has 0 unspecified atom stereocenters. The molecule has 2 nitrogen and oxygen atoms in total. The van der Waals surface area contributed by atoms with Crippen molar-refractivity contribution >= 4 is 11.3 Å². The molecule has 0 radical (unpaired) electrons. The molecule has 0 N–H and O–H groups in total. The van der Waals surface area contributed by atoms with Crippen molar-refractivity contribution in [1.82, 2.24) is 0 Å². The van der Waals surface area contributed by atoms with Crippen LogP contribution in [0.1, 0.15) is 29.9 Å². The SMILES string of the molecule is CCc1ccc(C2OC(C)O2)s1. The number of thiophene rings is 1. The first-order valence-corrected chi connectivity index (χ1v) is 5.00. The standard InChI is InChI=1S/C9H12O2S/c1-3-7-4-5-8(12-7)9-10-6(2)11-9/h4-6,9H,3H2,1-2H3. The summed E-state index contributed by atoms with van der Waals surface area (Å²) in [7, 11) is 0. The van der Waals surface area contributed by atoms with Gasteiger partial charge in [-0.25, -0.2) is 0 Å². The summed E-state index contributed by atoms with van der Waals surface area (Å²) in [5.41, 5.74) is 0. The van der Waals surface area contributed by atoms with Crippen LogP contribution in [0.25, 0.3) is 0 Å². The Morgan fingerprint density at radius 2 is 2.17 bits per heavy atom. The van der Waals surface area contributed by atoms with E-state index < -0.39 is 0 Å². The highest BCUT2D eigenvalue weighted by Crippen LogP contribution is 2.35. The molecule has 0 atom stereocenters. The van der Waals surface area contributed by atoms with Crippen LogP contribution in [0.4, 0.5) is 0 Å². The average Bonchev–Trinajstić information content (AvgIpc) is 2.46. The number of hydrogen-bond acceptors (Lipinski definition) is 3. The Kier molecular flexibility index (Phi) is 2.17. The topological polar surface area (TPSA) is 18.5 Å². The lowest BCUT2D eigenvalue weighted by Crippen LogP contribution is -2.30. The number of ether oxygens (including phenoxy) is 2. The minimum absolute atomic E-state index is 0.0258. The van der Waals surface area contributed by atoms with Crippen molar-refractivity contribution in [3.05, 3.63) is 21.9 Å². The van der Waals surface area contributed by atoms with E-state index in [1.807, 2.05) is 6.92 Å². The second kappa shape index (κ2) is 3.17. The maximum Gasteiger partial charge on any atom is 0.198 e. The molecule has 0 saturated carbocycles. The second-order valence-corrected chi connectivity index (χ2v) is 4.03. The van der Waals surface area contributed by atoms with Crippen LogP contribution < -0.4 is 0 Å². The van der Waals surface area contributed by atoms with E-state index >= 15 is 0 Å². The Bertz CT molecular complexity index is 263. The van der Waals surface area contributed by atoms with Crippen molar-refractivity contribution in [3.63, 3.8) is 0 Å². The third-order valence-corrected chi connectivity index (χ3v) is 3.14. The van der Waals surface area contributed by atoms with Crippen molar-refractivity contribution in [2.75, 3.05) is 0 Å². The van der Waals surface area contributed by atoms with Gasteiger partial charge in [-0.1, -0.05) is 6.92 Å². The van der Waals surface area contributed by atoms with Gasteiger partial charge in [0.25, 0.3) is 0 Å². The summed E-state index contributed by atoms with van der Waals surface area (Å²) in [6.45, 7) is 4.06. The third-order valence-electron chi connectivity index (χ3n) is 1.89. The van der Waals surface area contributed by atoms with E-state index in [2.05, 4.69) is 19.1 Å². The highest BCUT2D eigenvalue weighted by molar-refractivity contribution is 7.12. The van der Waals surface area contributed by atoms with Crippen LogP contribution in [-0.4, -0.2) is 6.29 Å². The highest BCUT2D eigenvalue weighted by atomic mass is 32.1. The van der Waals surface area contributed by atoms with Gasteiger partial charge in [0, 0.05) is 4.88 Å². The first kappa shape index (κ1) is 8.23. The van der Waals surface area contributed by atoms with Crippen LogP contribution in [0, 0.1) is 0 Å². The van der Waals surface area contributed by atoms with Crippen LogP contribution in [0.5, 0.6) is 0 Å². The molecular weight excluding hydrogens is 172 g/mol. The molecule has 2 rings (SSSR count). The van der Waals surface area contributed by atoms with E-state index in [4.69, 9.17) is 9.47 Å². The molecule has 1 aromatic heterocycles. The molecule has 3 heteroatoms. The Morgan fingerprint density at radius 3 is 2.67 bits per heavy atom.